The van der Waals surface area contributed by atoms with Crippen molar-refractivity contribution in [1.82, 2.24) is 0 Å². The highest BCUT2D eigenvalue weighted by Crippen LogP contribution is 2.20. The quantitative estimate of drug-likeness (QED) is 0.827. The maximum atomic E-state index is 6.02. The van der Waals surface area contributed by atoms with Crippen LogP contribution in [0.25, 0.3) is 0 Å². The van der Waals surface area contributed by atoms with Crippen LogP contribution in [0.2, 0.25) is 0 Å². The molecule has 0 aliphatic rings. The molecule has 0 heterocycles. The Morgan fingerprint density at radius 1 is 1.27 bits per heavy atom. The molecule has 1 aromatic rings. The lowest BCUT2D eigenvalue weighted by Gasteiger charge is -2.27. The van der Waals surface area contributed by atoms with Crippen LogP contribution in [0.4, 0.5) is 0 Å². The maximum absolute atomic E-state index is 6.02. The normalized spacial score (nSPS) is 13.7. The summed E-state index contributed by atoms with van der Waals surface area (Å²) in [5.74, 6) is 0.928. The van der Waals surface area contributed by atoms with Crippen LogP contribution in [0.3, 0.4) is 0 Å². The molecule has 0 radical (unpaired) electrons. The SMILES string of the molecule is Cc1ccccc1OCC(N)C(C)(C)C. The minimum absolute atomic E-state index is 0.0529. The predicted octanol–water partition coefficient (Wildman–Crippen LogP) is 2.75. The van der Waals surface area contributed by atoms with E-state index in [-0.39, 0.29) is 11.5 Å². The molecule has 0 aromatic heterocycles. The van der Waals surface area contributed by atoms with E-state index in [9.17, 15) is 0 Å². The molecule has 0 saturated heterocycles. The minimum atomic E-state index is 0.0529. The van der Waals surface area contributed by atoms with Crippen molar-refractivity contribution in [3.8, 4) is 5.75 Å². The Morgan fingerprint density at radius 2 is 1.87 bits per heavy atom. The number of hydrogen-bond acceptors (Lipinski definition) is 2. The second-order valence-electron chi connectivity index (χ2n) is 5.05. The van der Waals surface area contributed by atoms with Gasteiger partial charge in [0.15, 0.2) is 0 Å². The second kappa shape index (κ2) is 4.67. The zero-order valence-corrected chi connectivity index (χ0v) is 10.1. The van der Waals surface area contributed by atoms with Gasteiger partial charge in [0.1, 0.15) is 12.4 Å². The molecule has 1 aromatic carbocycles. The van der Waals surface area contributed by atoms with E-state index in [0.29, 0.717) is 6.61 Å². The summed E-state index contributed by atoms with van der Waals surface area (Å²) in [7, 11) is 0. The first-order chi connectivity index (χ1) is 6.91. The van der Waals surface area contributed by atoms with E-state index < -0.39 is 0 Å². The molecule has 1 rings (SSSR count). The summed E-state index contributed by atoms with van der Waals surface area (Å²) in [6.45, 7) is 8.98. The van der Waals surface area contributed by atoms with Crippen molar-refractivity contribution in [3.63, 3.8) is 0 Å². The number of ether oxygens (including phenoxy) is 1. The Hall–Kier alpha value is -1.02. The summed E-state index contributed by atoms with van der Waals surface area (Å²) >= 11 is 0. The first kappa shape index (κ1) is 12.1. The summed E-state index contributed by atoms with van der Waals surface area (Å²) in [5.41, 5.74) is 7.26. The Balaban J connectivity index is 2.55. The fraction of sp³-hybridized carbons (Fsp3) is 0.538. The number of hydrogen-bond donors (Lipinski definition) is 1. The van der Waals surface area contributed by atoms with Gasteiger partial charge < -0.3 is 10.5 Å². The van der Waals surface area contributed by atoms with Crippen LogP contribution in [-0.2, 0) is 0 Å². The van der Waals surface area contributed by atoms with Gasteiger partial charge in [0, 0.05) is 6.04 Å². The van der Waals surface area contributed by atoms with Gasteiger partial charge in [-0.2, -0.15) is 0 Å². The minimum Gasteiger partial charge on any atom is -0.492 e. The van der Waals surface area contributed by atoms with E-state index in [1.807, 2.05) is 31.2 Å². The molecule has 0 spiro atoms. The second-order valence-corrected chi connectivity index (χ2v) is 5.05. The highest BCUT2D eigenvalue weighted by atomic mass is 16.5. The highest BCUT2D eigenvalue weighted by Gasteiger charge is 2.21. The fourth-order valence-electron chi connectivity index (χ4n) is 1.15. The average molecular weight is 207 g/mol. The third kappa shape index (κ3) is 3.56. The molecule has 0 amide bonds. The topological polar surface area (TPSA) is 35.2 Å². The summed E-state index contributed by atoms with van der Waals surface area (Å²) < 4.78 is 5.70. The molecule has 2 nitrogen and oxygen atoms in total. The molecule has 1 atom stereocenters. The van der Waals surface area contributed by atoms with Gasteiger partial charge in [-0.15, -0.1) is 0 Å². The van der Waals surface area contributed by atoms with Gasteiger partial charge in [-0.3, -0.25) is 0 Å². The Kier molecular flexibility index (Phi) is 3.75. The smallest absolute Gasteiger partial charge is 0.122 e. The predicted molar refractivity (Wildman–Crippen MR) is 64.1 cm³/mol. The number of nitrogens with two attached hydrogens (primary N) is 1. The van der Waals surface area contributed by atoms with Crippen LogP contribution in [0, 0.1) is 12.3 Å². The van der Waals surface area contributed by atoms with Crippen LogP contribution >= 0.6 is 0 Å². The van der Waals surface area contributed by atoms with Crippen LogP contribution in [0.1, 0.15) is 26.3 Å². The zero-order chi connectivity index (χ0) is 11.5. The molecule has 0 saturated carbocycles. The lowest BCUT2D eigenvalue weighted by Crippen LogP contribution is -2.40. The van der Waals surface area contributed by atoms with Crippen molar-refractivity contribution in [2.45, 2.75) is 33.7 Å². The van der Waals surface area contributed by atoms with Crippen LogP contribution < -0.4 is 10.5 Å². The van der Waals surface area contributed by atoms with E-state index in [4.69, 9.17) is 10.5 Å². The third-order valence-corrected chi connectivity index (χ3v) is 2.62. The van der Waals surface area contributed by atoms with Crippen LogP contribution in [0.5, 0.6) is 5.75 Å². The Bertz CT molecular complexity index is 315. The van der Waals surface area contributed by atoms with Crippen molar-refractivity contribution in [2.24, 2.45) is 11.1 Å². The summed E-state index contributed by atoms with van der Waals surface area (Å²) in [6, 6.07) is 8.05. The molecule has 0 fully saturated rings. The maximum Gasteiger partial charge on any atom is 0.122 e. The number of benzene rings is 1. The zero-order valence-electron chi connectivity index (χ0n) is 10.1. The number of aryl methyl sites for hydroxylation is 1. The summed E-state index contributed by atoms with van der Waals surface area (Å²) in [4.78, 5) is 0. The molecular formula is C13H21NO. The highest BCUT2D eigenvalue weighted by molar-refractivity contribution is 5.31. The summed E-state index contributed by atoms with van der Waals surface area (Å²) in [6.07, 6.45) is 0. The van der Waals surface area contributed by atoms with E-state index in [1.165, 1.54) is 0 Å². The van der Waals surface area contributed by atoms with Gasteiger partial charge >= 0.3 is 0 Å². The molecule has 1 unspecified atom stereocenters. The molecule has 84 valence electrons. The lowest BCUT2D eigenvalue weighted by molar-refractivity contribution is 0.204. The molecule has 2 heteroatoms. The van der Waals surface area contributed by atoms with Gasteiger partial charge in [0.05, 0.1) is 0 Å². The largest absolute Gasteiger partial charge is 0.492 e. The van der Waals surface area contributed by atoms with E-state index in [0.717, 1.165) is 11.3 Å². The molecule has 2 N–H and O–H groups in total. The first-order valence-electron chi connectivity index (χ1n) is 5.35. The third-order valence-electron chi connectivity index (χ3n) is 2.62. The molecule has 0 aliphatic carbocycles. The molecule has 0 bridgehead atoms. The van der Waals surface area contributed by atoms with Crippen molar-refractivity contribution >= 4 is 0 Å². The number of para-hydroxylation sites is 1. The summed E-state index contributed by atoms with van der Waals surface area (Å²) in [5, 5.41) is 0. The van der Waals surface area contributed by atoms with E-state index in [2.05, 4.69) is 20.8 Å². The van der Waals surface area contributed by atoms with Crippen LogP contribution in [0.15, 0.2) is 24.3 Å². The van der Waals surface area contributed by atoms with Gasteiger partial charge in [0.2, 0.25) is 0 Å². The molecule has 15 heavy (non-hydrogen) atoms. The van der Waals surface area contributed by atoms with Crippen molar-refractivity contribution in [3.05, 3.63) is 29.8 Å². The van der Waals surface area contributed by atoms with Crippen molar-refractivity contribution < 1.29 is 4.74 Å². The lowest BCUT2D eigenvalue weighted by atomic mass is 9.88. The van der Waals surface area contributed by atoms with Crippen LogP contribution in [-0.4, -0.2) is 12.6 Å². The Labute approximate surface area is 92.4 Å². The van der Waals surface area contributed by atoms with E-state index >= 15 is 0 Å². The molecule has 0 aliphatic heterocycles. The van der Waals surface area contributed by atoms with Gasteiger partial charge in [0.25, 0.3) is 0 Å². The average Bonchev–Trinajstić information content (AvgIpc) is 2.14. The van der Waals surface area contributed by atoms with Gasteiger partial charge in [-0.05, 0) is 24.0 Å². The van der Waals surface area contributed by atoms with E-state index in [1.54, 1.807) is 0 Å². The number of rotatable bonds is 3. The fourth-order valence-corrected chi connectivity index (χ4v) is 1.15. The van der Waals surface area contributed by atoms with Crippen molar-refractivity contribution in [2.75, 3.05) is 6.61 Å². The standard InChI is InChI=1S/C13H21NO/c1-10-7-5-6-8-11(10)15-9-12(14)13(2,3)4/h5-8,12H,9,14H2,1-4H3. The van der Waals surface area contributed by atoms with Crippen molar-refractivity contribution in [1.29, 1.82) is 0 Å². The first-order valence-corrected chi connectivity index (χ1v) is 5.35. The molecular weight excluding hydrogens is 186 g/mol. The Morgan fingerprint density at radius 3 is 2.40 bits per heavy atom. The van der Waals surface area contributed by atoms with Gasteiger partial charge in [-0.1, -0.05) is 39.0 Å². The monoisotopic (exact) mass is 207 g/mol. The van der Waals surface area contributed by atoms with Gasteiger partial charge in [-0.25, -0.2) is 0 Å².